The maximum Gasteiger partial charge on any atom is 0.255 e. The highest BCUT2D eigenvalue weighted by Crippen LogP contribution is 2.45. The van der Waals surface area contributed by atoms with E-state index in [1.807, 2.05) is 0 Å². The molecule has 1 unspecified atom stereocenters. The van der Waals surface area contributed by atoms with Crippen LogP contribution in [0.15, 0.2) is 82.7 Å². The molecule has 10 nitrogen and oxygen atoms in total. The summed E-state index contributed by atoms with van der Waals surface area (Å²) in [5, 5.41) is 6.12. The van der Waals surface area contributed by atoms with Crippen LogP contribution < -0.4 is 20.7 Å². The Morgan fingerprint density at radius 3 is 2.69 bits per heavy atom. The summed E-state index contributed by atoms with van der Waals surface area (Å²) in [7, 11) is -1.77. The molecular formula is C30H34FN5O5S. The number of hydrogen-bond donors (Lipinski definition) is 5. The van der Waals surface area contributed by atoms with Gasteiger partial charge in [-0.25, -0.2) is 4.39 Å². The van der Waals surface area contributed by atoms with Gasteiger partial charge in [-0.15, -0.1) is 10.8 Å². The minimum atomic E-state index is -3.29. The van der Waals surface area contributed by atoms with Crippen LogP contribution in [0.3, 0.4) is 0 Å². The third kappa shape index (κ3) is 5.87. The van der Waals surface area contributed by atoms with Gasteiger partial charge in [0.2, 0.25) is 0 Å². The third-order valence-electron chi connectivity index (χ3n) is 7.45. The van der Waals surface area contributed by atoms with Crippen molar-refractivity contribution >= 4 is 39.2 Å². The van der Waals surface area contributed by atoms with Gasteiger partial charge in [0.05, 0.1) is 29.5 Å². The number of hydrogen-bond acceptors (Lipinski definition) is 8. The van der Waals surface area contributed by atoms with Crippen LogP contribution in [0, 0.1) is 5.82 Å². The van der Waals surface area contributed by atoms with E-state index in [9.17, 15) is 23.1 Å². The summed E-state index contributed by atoms with van der Waals surface area (Å²) in [4.78, 5) is 28.2. The molecule has 2 amide bonds. The van der Waals surface area contributed by atoms with Gasteiger partial charge in [-0.05, 0) is 67.8 Å². The molecule has 2 aromatic carbocycles. The van der Waals surface area contributed by atoms with E-state index in [2.05, 4.69) is 10.6 Å². The van der Waals surface area contributed by atoms with Crippen LogP contribution in [-0.4, -0.2) is 58.3 Å². The van der Waals surface area contributed by atoms with Crippen molar-refractivity contribution in [3.05, 3.63) is 89.7 Å². The molecule has 1 aromatic heterocycles. The first-order chi connectivity index (χ1) is 20.1. The molecular weight excluding hydrogens is 561 g/mol. The van der Waals surface area contributed by atoms with E-state index in [4.69, 9.17) is 10.2 Å². The Morgan fingerprint density at radius 1 is 1.24 bits per heavy atom. The molecule has 222 valence electrons. The fraction of sp³-hybridized carbons (Fsp3) is 0.267. The summed E-state index contributed by atoms with van der Waals surface area (Å²) in [6, 6.07) is 10.4. The molecule has 6 N–H and O–H groups in total. The van der Waals surface area contributed by atoms with E-state index in [1.54, 1.807) is 41.5 Å². The fourth-order valence-electron chi connectivity index (χ4n) is 5.37. The van der Waals surface area contributed by atoms with E-state index in [0.29, 0.717) is 52.0 Å². The lowest BCUT2D eigenvalue weighted by molar-refractivity contribution is -0.130. The topological polar surface area (TPSA) is 144 Å². The van der Waals surface area contributed by atoms with Crippen molar-refractivity contribution in [1.82, 2.24) is 15.5 Å². The Morgan fingerprint density at radius 2 is 2.00 bits per heavy atom. The Kier molecular flexibility index (Phi) is 8.30. The quantitative estimate of drug-likeness (QED) is 0.259. The van der Waals surface area contributed by atoms with Crippen molar-refractivity contribution in [3.8, 4) is 11.3 Å². The van der Waals surface area contributed by atoms with Crippen molar-refractivity contribution in [2.45, 2.75) is 25.3 Å². The van der Waals surface area contributed by atoms with Crippen molar-refractivity contribution in [2.75, 3.05) is 30.7 Å². The Labute approximate surface area is 244 Å². The lowest BCUT2D eigenvalue weighted by Crippen LogP contribution is -2.50. The molecule has 1 saturated heterocycles. The zero-order chi connectivity index (χ0) is 30.0. The second kappa shape index (κ2) is 11.9. The van der Waals surface area contributed by atoms with Gasteiger partial charge in [-0.1, -0.05) is 0 Å². The largest absolute Gasteiger partial charge is 0.455 e. The average molecular weight is 596 g/mol. The zero-order valence-corrected chi connectivity index (χ0v) is 24.2. The number of carbonyl (C=O) groups is 2. The van der Waals surface area contributed by atoms with E-state index in [1.165, 1.54) is 48.1 Å². The first-order valence-corrected chi connectivity index (χ1v) is 15.4. The predicted octanol–water partition coefficient (Wildman–Crippen LogP) is 4.92. The van der Waals surface area contributed by atoms with Gasteiger partial charge in [0, 0.05) is 54.8 Å². The monoisotopic (exact) mass is 595 g/mol. The maximum absolute atomic E-state index is 13.6. The molecule has 1 fully saturated rings. The summed E-state index contributed by atoms with van der Waals surface area (Å²) >= 11 is 0. The van der Waals surface area contributed by atoms with E-state index >= 15 is 0 Å². The Hall–Kier alpha value is -4.26. The van der Waals surface area contributed by atoms with Gasteiger partial charge in [0.15, 0.2) is 0 Å². The van der Waals surface area contributed by atoms with Crippen LogP contribution in [0.4, 0.5) is 10.1 Å². The molecule has 0 aliphatic carbocycles. The van der Waals surface area contributed by atoms with Crippen LogP contribution in [0.2, 0.25) is 0 Å². The zero-order valence-electron chi connectivity index (χ0n) is 23.3. The molecule has 0 saturated carbocycles. The normalized spacial score (nSPS) is 18.5. The molecule has 0 spiro atoms. The van der Waals surface area contributed by atoms with Crippen molar-refractivity contribution in [2.24, 2.45) is 5.73 Å². The van der Waals surface area contributed by atoms with Crippen LogP contribution >= 0.6 is 10.8 Å². The summed E-state index contributed by atoms with van der Waals surface area (Å²) in [5.74, 6) is -0.677. The molecule has 5 rings (SSSR count). The van der Waals surface area contributed by atoms with E-state index < -0.39 is 16.6 Å². The van der Waals surface area contributed by atoms with Crippen LogP contribution in [0.1, 0.15) is 29.6 Å². The third-order valence-corrected chi connectivity index (χ3v) is 8.65. The summed E-state index contributed by atoms with van der Waals surface area (Å²) in [6.45, 7) is 0.701. The Bertz CT molecular complexity index is 1590. The van der Waals surface area contributed by atoms with Gasteiger partial charge in [-0.2, -0.15) is 0 Å². The molecule has 12 heteroatoms. The highest BCUT2D eigenvalue weighted by Gasteiger charge is 2.33. The van der Waals surface area contributed by atoms with Gasteiger partial charge >= 0.3 is 0 Å². The van der Waals surface area contributed by atoms with Gasteiger partial charge < -0.3 is 25.7 Å². The number of nitrogens with two attached hydrogens (primary N) is 1. The average Bonchev–Trinajstić information content (AvgIpc) is 3.38. The number of nitrogens with zero attached hydrogens (tertiary/aromatic N) is 2. The maximum atomic E-state index is 13.6. The van der Waals surface area contributed by atoms with Crippen LogP contribution in [0.5, 0.6) is 0 Å². The number of fused-ring (bicyclic) bond motifs is 1. The minimum absolute atomic E-state index is 0.162. The van der Waals surface area contributed by atoms with Crippen LogP contribution in [-0.2, 0) is 4.79 Å². The first-order valence-electron chi connectivity index (χ1n) is 13.5. The molecule has 0 radical (unpaired) electrons. The molecule has 42 heavy (non-hydrogen) atoms. The number of halogens is 1. The number of rotatable bonds is 7. The summed E-state index contributed by atoms with van der Waals surface area (Å²) < 4.78 is 43.1. The lowest BCUT2D eigenvalue weighted by Gasteiger charge is -2.46. The van der Waals surface area contributed by atoms with Crippen molar-refractivity contribution < 1.29 is 27.5 Å². The van der Waals surface area contributed by atoms with E-state index in [-0.39, 0.29) is 30.2 Å². The molecule has 1 atom stereocenters. The molecule has 3 heterocycles. The number of furan rings is 1. The number of amides is 2. The second-order valence-corrected chi connectivity index (χ2v) is 12.3. The number of likely N-dealkylation sites (tertiary alicyclic amines) is 1. The number of anilines is 1. The minimum Gasteiger partial charge on any atom is -0.455 e. The highest BCUT2D eigenvalue weighted by atomic mass is 32.3. The fourth-order valence-corrected chi connectivity index (χ4v) is 6.34. The predicted molar refractivity (Wildman–Crippen MR) is 163 cm³/mol. The van der Waals surface area contributed by atoms with E-state index in [0.717, 1.165) is 12.8 Å². The molecule has 3 aromatic rings. The summed E-state index contributed by atoms with van der Waals surface area (Å²) in [5.41, 5.74) is 8.35. The van der Waals surface area contributed by atoms with Crippen LogP contribution in [0.25, 0.3) is 22.3 Å². The molecule has 2 aliphatic heterocycles. The van der Waals surface area contributed by atoms with Gasteiger partial charge in [0.1, 0.15) is 17.2 Å². The van der Waals surface area contributed by atoms with Gasteiger partial charge in [0.25, 0.3) is 11.8 Å². The molecule has 0 bridgehead atoms. The number of allylic oxidation sites excluding steroid dienone is 1. The number of dihydropyridines is 1. The highest BCUT2D eigenvalue weighted by molar-refractivity contribution is 8.24. The number of piperidine rings is 1. The Balaban J connectivity index is 1.50. The standard InChI is InChI=1S/C30H34FN5O5S/c1-33-29(37)27-25-11-10-23(16-26(25)41-28(27)19-6-8-21(31)9-7-19)36(42(2,39)40)18-24-5-3-4-14-35(24)30(38)20-12-13-34-22(15-20)17-32/h6-13,15-17,24,34,39-40H,3-5,14,18,32H2,1-2H3,(H,33,37)/b22-17-. The van der Waals surface area contributed by atoms with Gasteiger partial charge in [-0.3, -0.25) is 23.0 Å². The number of carbonyl (C=O) groups excluding carboxylic acids is 2. The second-order valence-electron chi connectivity index (χ2n) is 10.3. The smallest absolute Gasteiger partial charge is 0.255 e. The lowest BCUT2D eigenvalue weighted by atomic mass is 9.99. The number of nitrogens with one attached hydrogen (secondary N) is 2. The molecule has 2 aliphatic rings. The SMILES string of the molecule is CNC(=O)c1c(-c2ccc(F)cc2)oc2cc(N(CC3CCCCN3C(=O)C3=C/C(=C/N)NC=C3)S(C)(O)O)ccc12. The van der Waals surface area contributed by atoms with Crippen molar-refractivity contribution in [3.63, 3.8) is 0 Å². The first kappa shape index (κ1) is 29.2. The summed E-state index contributed by atoms with van der Waals surface area (Å²) in [6.07, 6.45) is 10.2. The van der Waals surface area contributed by atoms with Crippen molar-refractivity contribution in [1.29, 1.82) is 0 Å². The number of benzene rings is 2.